The third-order valence-corrected chi connectivity index (χ3v) is 20.9. The number of nitrogens with one attached hydrogen (secondary N) is 9. The van der Waals surface area contributed by atoms with Gasteiger partial charge in [0.15, 0.2) is 24.8 Å². The van der Waals surface area contributed by atoms with Crippen LogP contribution in [0, 0.1) is 5.92 Å². The number of hydrogen-bond donors (Lipinski definition) is 17. The Hall–Kier alpha value is -11.2. The van der Waals surface area contributed by atoms with E-state index in [0.717, 1.165) is 65.2 Å². The van der Waals surface area contributed by atoms with E-state index in [1.165, 1.54) is 72.8 Å². The smallest absolute Gasteiger partial charge is 0.338 e. The van der Waals surface area contributed by atoms with Crippen LogP contribution in [0.4, 0.5) is 0 Å². The summed E-state index contributed by atoms with van der Waals surface area (Å²) in [4.78, 5) is 224. The maximum Gasteiger partial charge on any atom is 0.338 e. The molecular weight excluding hydrogens is 1610 g/mol. The van der Waals surface area contributed by atoms with Gasteiger partial charge in [-0.25, -0.2) is 14.4 Å². The number of hydrogen-bond acceptors (Lipinski definition) is 29. The molecule has 25 atom stereocenters. The van der Waals surface area contributed by atoms with Crippen LogP contribution in [-0.4, -0.2) is 313 Å². The topological polar surface area (TPSA) is 620 Å². The van der Waals surface area contributed by atoms with Gasteiger partial charge in [0, 0.05) is 40.3 Å². The molecule has 18 N–H and O–H groups in total. The summed E-state index contributed by atoms with van der Waals surface area (Å²) in [5.74, 6) is -18.0. The molecule has 670 valence electrons. The third kappa shape index (κ3) is 26.4. The van der Waals surface area contributed by atoms with Gasteiger partial charge in [0.25, 0.3) is 0 Å². The van der Waals surface area contributed by atoms with Gasteiger partial charge in [-0.2, -0.15) is 0 Å². The highest BCUT2D eigenvalue weighted by atomic mass is 16.7. The van der Waals surface area contributed by atoms with Crippen molar-refractivity contribution < 1.29 is 146 Å². The fourth-order valence-corrected chi connectivity index (χ4v) is 14.3. The first-order valence-electron chi connectivity index (χ1n) is 39.8. The lowest BCUT2D eigenvalue weighted by molar-refractivity contribution is -0.331. The summed E-state index contributed by atoms with van der Waals surface area (Å²) in [6.45, 7) is 9.42. The highest BCUT2D eigenvalue weighted by Crippen LogP contribution is 2.35. The Bertz CT molecular complexity index is 4170. The Balaban J connectivity index is 1.28. The number of nitrogens with two attached hydrogens (primary N) is 1. The number of rotatable bonds is 40. The second kappa shape index (κ2) is 45.6. The molecule has 0 aromatic heterocycles. The van der Waals surface area contributed by atoms with Crippen molar-refractivity contribution in [2.24, 2.45) is 11.7 Å². The summed E-state index contributed by atoms with van der Waals surface area (Å²) < 4.78 is 43.9. The van der Waals surface area contributed by atoms with E-state index in [4.69, 9.17) is 38.9 Å². The number of esters is 3. The maximum absolute atomic E-state index is 15.6. The minimum Gasteiger partial charge on any atom is -0.481 e. The molecular formula is C80H110N12O30. The minimum atomic E-state index is -2.30. The fourth-order valence-electron chi connectivity index (χ4n) is 14.3. The van der Waals surface area contributed by atoms with Crippen LogP contribution in [-0.2, 0) is 95.5 Å². The minimum absolute atomic E-state index is 0.0289. The molecule has 4 fully saturated rings. The Kier molecular flexibility index (Phi) is 36.6. The van der Waals surface area contributed by atoms with Crippen LogP contribution in [0.2, 0.25) is 0 Å². The van der Waals surface area contributed by atoms with Gasteiger partial charge in [-0.05, 0) is 109 Å². The number of aliphatic carboxylic acids is 1. The zero-order chi connectivity index (χ0) is 90.3. The number of ether oxygens (including phenoxy) is 7. The van der Waals surface area contributed by atoms with Gasteiger partial charge in [-0.3, -0.25) is 62.3 Å². The first-order valence-corrected chi connectivity index (χ1v) is 39.8. The van der Waals surface area contributed by atoms with Crippen molar-refractivity contribution in [1.29, 1.82) is 0 Å². The van der Waals surface area contributed by atoms with Crippen LogP contribution in [0.5, 0.6) is 0 Å². The summed E-state index contributed by atoms with van der Waals surface area (Å²) >= 11 is 0. The summed E-state index contributed by atoms with van der Waals surface area (Å²) in [5, 5.41) is 98.6. The second-order valence-corrected chi connectivity index (χ2v) is 30.3. The lowest BCUT2D eigenvalue weighted by Crippen LogP contribution is -2.71. The number of aliphatic hydroxyl groups excluding tert-OH is 6. The maximum atomic E-state index is 15.6. The van der Waals surface area contributed by atoms with Crippen molar-refractivity contribution >= 4 is 94.8 Å². The first-order chi connectivity index (χ1) is 57.7. The van der Waals surface area contributed by atoms with Gasteiger partial charge in [0.2, 0.25) is 70.9 Å². The molecule has 0 bridgehead atoms. The average molecular weight is 1720 g/mol. The highest BCUT2D eigenvalue weighted by molar-refractivity contribution is 6.00. The molecule has 7 rings (SSSR count). The van der Waals surface area contributed by atoms with Crippen LogP contribution < -0.4 is 53.6 Å². The Morgan fingerprint density at radius 3 is 1.38 bits per heavy atom. The SMILES string of the molecule is CC[C@H](C)[C@H](NC(=O)[C@@H]1CCCN1C(=O)[C@@H](NC(=O)[C@@H](NC(=O)[C@@H](NC(=O)[C@@H]1CCCN1C(=O)[C@H](CCC(=O)O)NC(C)=O)[C@@H](C)O)[C@@H](C)O[C@H]1O[C@H](CO)[C@H](O)[C@H](O[C@@H]2O[C@H](COC(=O)c3ccccc3)[C@@H](OC(=O)c3ccccc3)[C@H](OC(=O)c3ccccc3)[C@H]2NC(C)=O)[C@H]1NC(C)=O)[C@@H](C)O)C(=O)N[C@H](C(=O)N[C@H](C(N)=O)[C@@H](C)O)[C@@H](C)O. The number of carboxylic acids is 1. The molecule has 0 saturated carbocycles. The number of carbonyl (C=O) groups excluding carboxylic acids is 15. The third-order valence-electron chi connectivity index (χ3n) is 20.9. The molecule has 0 radical (unpaired) electrons. The van der Waals surface area contributed by atoms with Crippen LogP contribution in [0.3, 0.4) is 0 Å². The number of amides is 12. The summed E-state index contributed by atoms with van der Waals surface area (Å²) in [6, 6.07) is 2.57. The number of carbonyl (C=O) groups is 16. The van der Waals surface area contributed by atoms with E-state index in [9.17, 15) is 98.1 Å². The van der Waals surface area contributed by atoms with Gasteiger partial charge in [0.1, 0.15) is 97.5 Å². The normalized spacial score (nSPS) is 24.5. The number of likely N-dealkylation sites (tertiary alicyclic amines) is 2. The molecule has 4 heterocycles. The van der Waals surface area contributed by atoms with E-state index in [1.807, 2.05) is 0 Å². The Labute approximate surface area is 701 Å². The van der Waals surface area contributed by atoms with Gasteiger partial charge in [0.05, 0.1) is 53.8 Å². The molecule has 0 spiro atoms. The molecule has 42 heteroatoms. The van der Waals surface area contributed by atoms with E-state index in [-0.39, 0.29) is 61.9 Å². The van der Waals surface area contributed by atoms with E-state index >= 15 is 14.4 Å². The van der Waals surface area contributed by atoms with Crippen molar-refractivity contribution in [2.75, 3.05) is 26.3 Å². The molecule has 12 amide bonds. The quantitative estimate of drug-likeness (QED) is 0.0188. The Morgan fingerprint density at radius 1 is 0.500 bits per heavy atom. The number of nitrogens with zero attached hydrogens (tertiary/aromatic N) is 2. The molecule has 122 heavy (non-hydrogen) atoms. The van der Waals surface area contributed by atoms with Crippen molar-refractivity contribution in [3.05, 3.63) is 108 Å². The molecule has 4 saturated heterocycles. The van der Waals surface area contributed by atoms with E-state index in [0.29, 0.717) is 0 Å². The fraction of sp³-hybridized carbons (Fsp3) is 0.575. The van der Waals surface area contributed by atoms with Crippen LogP contribution in [0.15, 0.2) is 91.0 Å². The molecule has 4 aliphatic rings. The molecule has 3 aromatic carbocycles. The number of aliphatic hydroxyl groups is 6. The molecule has 0 unspecified atom stereocenters. The highest BCUT2D eigenvalue weighted by Gasteiger charge is 2.57. The van der Waals surface area contributed by atoms with Crippen molar-refractivity contribution in [3.8, 4) is 0 Å². The van der Waals surface area contributed by atoms with Crippen molar-refractivity contribution in [2.45, 2.75) is 260 Å². The lowest BCUT2D eigenvalue weighted by Gasteiger charge is -2.49. The summed E-state index contributed by atoms with van der Waals surface area (Å²) in [5.41, 5.74) is 5.27. The lowest BCUT2D eigenvalue weighted by atomic mass is 9.93. The average Bonchev–Trinajstić information content (AvgIpc) is 1.05. The van der Waals surface area contributed by atoms with Crippen molar-refractivity contribution in [3.63, 3.8) is 0 Å². The number of benzene rings is 3. The standard InChI is InChI=1S/C80H110N12O30/c1-11-37(2)55(70(107)88-58(40(5)96)71(108)86-56(38(3)94)67(81)104)85-68(105)51-30-22-34-92(51)75(112)59(41(6)97)89-73(110)60(90-72(109)57(39(4)95)87-69(106)50-29-21-33-91(50)74(111)49(82-43(8)98)31-32-54(101)102)42(7)117-79-61(83-44(9)99)65(63(103)52(35-93)118-79)122-80-62(84-45(10)100)66(121-78(115)48-27-19-14-20-28-48)64(120-77(114)47-25-17-13-18-26-47)53(119-80)36-116-76(113)46-23-15-12-16-24-46/h12-20,23-28,37-42,49-53,55-66,79-80,93-97,103H,11,21-22,29-36H2,1-10H3,(H2,81,104)(H,82,98)(H,83,99)(H,84,100)(H,85,105)(H,86,108)(H,87,106)(H,88,107)(H,89,110)(H,90,109)(H,101,102)/t37-,38+,39+,40+,41+,42+,49-,50-,51-,52+,53+,55-,56-,57-,58-,59-,60-,61+,62+,63-,64+,65+,66+,79-,80-/m0/s1. The van der Waals surface area contributed by atoms with Gasteiger partial charge >= 0.3 is 23.9 Å². The largest absolute Gasteiger partial charge is 0.481 e. The van der Waals surface area contributed by atoms with Gasteiger partial charge in [-0.15, -0.1) is 0 Å². The zero-order valence-electron chi connectivity index (χ0n) is 68.9. The van der Waals surface area contributed by atoms with E-state index in [1.54, 1.807) is 32.0 Å². The molecule has 0 aliphatic carbocycles. The zero-order valence-corrected chi connectivity index (χ0v) is 68.9. The van der Waals surface area contributed by atoms with Crippen LogP contribution >= 0.6 is 0 Å². The summed E-state index contributed by atoms with van der Waals surface area (Å²) in [7, 11) is 0. The Morgan fingerprint density at radius 2 is 0.918 bits per heavy atom. The number of carboxylic acid groups (broad SMARTS) is 1. The van der Waals surface area contributed by atoms with Crippen LogP contribution in [0.1, 0.15) is 145 Å². The molecule has 3 aromatic rings. The predicted molar refractivity (Wildman–Crippen MR) is 420 cm³/mol. The van der Waals surface area contributed by atoms with Gasteiger partial charge < -0.3 is 132 Å². The van der Waals surface area contributed by atoms with E-state index in [2.05, 4.69) is 47.9 Å². The molecule has 42 nitrogen and oxygen atoms in total. The first kappa shape index (κ1) is 97.9. The monoisotopic (exact) mass is 1720 g/mol. The van der Waals surface area contributed by atoms with Gasteiger partial charge in [-0.1, -0.05) is 74.9 Å². The van der Waals surface area contributed by atoms with Crippen LogP contribution in [0.25, 0.3) is 0 Å². The molecule has 4 aliphatic heterocycles. The summed E-state index contributed by atoms with van der Waals surface area (Å²) in [6.07, 6.45) is -25.6. The number of primary amides is 1. The second-order valence-electron chi connectivity index (χ2n) is 30.3. The predicted octanol–water partition coefficient (Wildman–Crippen LogP) is -4.79. The van der Waals surface area contributed by atoms with E-state index < -0.39 is 273 Å². The van der Waals surface area contributed by atoms with Crippen molar-refractivity contribution in [1.82, 2.24) is 57.7 Å².